The average Bonchev–Trinajstić information content (AvgIpc) is 2.68. The normalized spacial score (nSPS) is 15.1. The fourth-order valence-corrected chi connectivity index (χ4v) is 4.59. The molecular weight excluding hydrogens is 363 g/mol. The zero-order valence-electron chi connectivity index (χ0n) is 15.5. The molecule has 1 aliphatic rings. The van der Waals surface area contributed by atoms with Crippen molar-refractivity contribution in [2.75, 3.05) is 24.5 Å². The van der Waals surface area contributed by atoms with Gasteiger partial charge in [-0.15, -0.1) is 0 Å². The summed E-state index contributed by atoms with van der Waals surface area (Å²) in [5, 5.41) is 0. The number of benzene rings is 2. The van der Waals surface area contributed by atoms with Gasteiger partial charge in [-0.05, 0) is 67.5 Å². The third kappa shape index (κ3) is 6.33. The highest BCUT2D eigenvalue weighted by Gasteiger charge is 2.12. The van der Waals surface area contributed by atoms with E-state index in [0.29, 0.717) is 12.1 Å². The summed E-state index contributed by atoms with van der Waals surface area (Å²) < 4.78 is 39.7. The lowest BCUT2D eigenvalue weighted by molar-refractivity contribution is 0.577. The van der Waals surface area contributed by atoms with Crippen LogP contribution in [0.3, 0.4) is 0 Å². The van der Waals surface area contributed by atoms with Gasteiger partial charge in [0.15, 0.2) is 0 Å². The van der Waals surface area contributed by atoms with Crippen LogP contribution in [0.1, 0.15) is 36.8 Å². The number of sulfonamides is 1. The van der Waals surface area contributed by atoms with Crippen LogP contribution in [0.25, 0.3) is 0 Å². The Morgan fingerprint density at radius 2 is 1.52 bits per heavy atom. The van der Waals surface area contributed by atoms with Crippen molar-refractivity contribution in [2.45, 2.75) is 37.9 Å². The Bertz CT molecular complexity index is 814. The largest absolute Gasteiger partial charge is 0.372 e. The fraction of sp³-hybridized carbons (Fsp3) is 0.429. The van der Waals surface area contributed by atoms with Gasteiger partial charge in [0.1, 0.15) is 5.82 Å². The van der Waals surface area contributed by atoms with E-state index in [1.807, 2.05) is 0 Å². The number of halogens is 1. The van der Waals surface area contributed by atoms with E-state index in [0.717, 1.165) is 25.9 Å². The molecule has 6 heteroatoms. The van der Waals surface area contributed by atoms with E-state index in [4.69, 9.17) is 0 Å². The molecule has 1 saturated heterocycles. The van der Waals surface area contributed by atoms with Gasteiger partial charge in [0.05, 0.1) is 5.75 Å². The van der Waals surface area contributed by atoms with Gasteiger partial charge in [0.2, 0.25) is 10.0 Å². The monoisotopic (exact) mass is 390 g/mol. The van der Waals surface area contributed by atoms with Crippen molar-refractivity contribution < 1.29 is 12.8 Å². The minimum absolute atomic E-state index is 0.127. The Kier molecular flexibility index (Phi) is 6.85. The molecule has 0 saturated carbocycles. The van der Waals surface area contributed by atoms with Crippen LogP contribution in [0.15, 0.2) is 48.5 Å². The summed E-state index contributed by atoms with van der Waals surface area (Å²) in [7, 11) is -3.40. The first-order valence-corrected chi connectivity index (χ1v) is 11.2. The summed E-state index contributed by atoms with van der Waals surface area (Å²) in [6, 6.07) is 14.2. The second-order valence-electron chi connectivity index (χ2n) is 7.10. The number of hydrogen-bond acceptors (Lipinski definition) is 3. The van der Waals surface area contributed by atoms with Crippen LogP contribution in [0.2, 0.25) is 0 Å². The van der Waals surface area contributed by atoms with Gasteiger partial charge in [-0.1, -0.05) is 24.3 Å². The minimum atomic E-state index is -3.40. The van der Waals surface area contributed by atoms with Gasteiger partial charge in [0, 0.05) is 25.3 Å². The van der Waals surface area contributed by atoms with Gasteiger partial charge >= 0.3 is 0 Å². The SMILES string of the molecule is O=S(=O)(Cc1ccc(F)cc1)NCCCc1ccc(N2CCCCC2)cc1. The summed E-state index contributed by atoms with van der Waals surface area (Å²) in [6.45, 7) is 2.67. The first-order chi connectivity index (χ1) is 13.0. The van der Waals surface area contributed by atoms with Crippen molar-refractivity contribution in [2.24, 2.45) is 0 Å². The Balaban J connectivity index is 1.42. The van der Waals surface area contributed by atoms with Crippen LogP contribution < -0.4 is 9.62 Å². The predicted molar refractivity (Wildman–Crippen MR) is 108 cm³/mol. The molecule has 1 heterocycles. The highest BCUT2D eigenvalue weighted by molar-refractivity contribution is 7.88. The number of nitrogens with zero attached hydrogens (tertiary/aromatic N) is 1. The lowest BCUT2D eigenvalue weighted by atomic mass is 10.1. The molecule has 0 unspecified atom stereocenters. The van der Waals surface area contributed by atoms with Crippen molar-refractivity contribution >= 4 is 15.7 Å². The average molecular weight is 391 g/mol. The van der Waals surface area contributed by atoms with Crippen LogP contribution in [0.5, 0.6) is 0 Å². The maximum absolute atomic E-state index is 12.9. The smallest absolute Gasteiger partial charge is 0.215 e. The van der Waals surface area contributed by atoms with Gasteiger partial charge in [-0.2, -0.15) is 0 Å². The lowest BCUT2D eigenvalue weighted by Gasteiger charge is -2.28. The molecule has 0 bridgehead atoms. The molecule has 0 amide bonds. The number of anilines is 1. The third-order valence-electron chi connectivity index (χ3n) is 4.89. The molecule has 1 N–H and O–H groups in total. The van der Waals surface area contributed by atoms with Crippen LogP contribution in [0.4, 0.5) is 10.1 Å². The first-order valence-electron chi connectivity index (χ1n) is 9.57. The zero-order valence-corrected chi connectivity index (χ0v) is 16.3. The lowest BCUT2D eigenvalue weighted by Crippen LogP contribution is -2.29. The minimum Gasteiger partial charge on any atom is -0.372 e. The van der Waals surface area contributed by atoms with E-state index < -0.39 is 10.0 Å². The molecule has 27 heavy (non-hydrogen) atoms. The van der Waals surface area contributed by atoms with Gasteiger partial charge in [-0.25, -0.2) is 17.5 Å². The van der Waals surface area contributed by atoms with Crippen molar-refractivity contribution in [1.29, 1.82) is 0 Å². The van der Waals surface area contributed by atoms with Gasteiger partial charge in [-0.3, -0.25) is 0 Å². The molecule has 0 aromatic heterocycles. The van der Waals surface area contributed by atoms with Gasteiger partial charge < -0.3 is 4.90 Å². The maximum atomic E-state index is 12.9. The van der Waals surface area contributed by atoms with Crippen molar-refractivity contribution in [1.82, 2.24) is 4.72 Å². The number of hydrogen-bond donors (Lipinski definition) is 1. The highest BCUT2D eigenvalue weighted by Crippen LogP contribution is 2.20. The molecule has 0 spiro atoms. The summed E-state index contributed by atoms with van der Waals surface area (Å²) in [5.41, 5.74) is 3.07. The standard InChI is InChI=1S/C21H27FN2O2S/c22-20-10-6-19(7-11-20)17-27(25,26)23-14-4-5-18-8-12-21(13-9-18)24-15-2-1-3-16-24/h6-13,23H,1-5,14-17H2. The molecule has 3 rings (SSSR count). The van der Waals surface area contributed by atoms with Crippen molar-refractivity contribution in [3.05, 3.63) is 65.5 Å². The predicted octanol–water partition coefficient (Wildman–Crippen LogP) is 3.87. The number of piperidine rings is 1. The Labute approximate surface area is 161 Å². The molecule has 1 fully saturated rings. The molecule has 4 nitrogen and oxygen atoms in total. The van der Waals surface area contributed by atoms with E-state index >= 15 is 0 Å². The summed E-state index contributed by atoms with van der Waals surface area (Å²) in [4.78, 5) is 2.43. The summed E-state index contributed by atoms with van der Waals surface area (Å²) in [5.74, 6) is -0.493. The summed E-state index contributed by atoms with van der Waals surface area (Å²) in [6.07, 6.45) is 5.43. The molecule has 146 valence electrons. The number of rotatable bonds is 8. The second kappa shape index (κ2) is 9.33. The van der Waals surface area contributed by atoms with Crippen LogP contribution in [-0.2, 0) is 22.2 Å². The van der Waals surface area contributed by atoms with E-state index in [1.54, 1.807) is 0 Å². The molecular formula is C21H27FN2O2S. The second-order valence-corrected chi connectivity index (χ2v) is 8.90. The Morgan fingerprint density at radius 1 is 0.889 bits per heavy atom. The van der Waals surface area contributed by atoms with Crippen LogP contribution >= 0.6 is 0 Å². The highest BCUT2D eigenvalue weighted by atomic mass is 32.2. The molecule has 2 aromatic rings. The Hall–Kier alpha value is -1.92. The van der Waals surface area contributed by atoms with E-state index in [9.17, 15) is 12.8 Å². The molecule has 0 aliphatic carbocycles. The van der Waals surface area contributed by atoms with Crippen LogP contribution in [-0.4, -0.2) is 28.1 Å². The van der Waals surface area contributed by atoms with Crippen molar-refractivity contribution in [3.8, 4) is 0 Å². The quantitative estimate of drug-likeness (QED) is 0.696. The number of nitrogens with one attached hydrogen (secondary N) is 1. The molecule has 1 aliphatic heterocycles. The molecule has 2 aromatic carbocycles. The summed E-state index contributed by atoms with van der Waals surface area (Å²) >= 11 is 0. The first kappa shape index (κ1) is 19.8. The number of aryl methyl sites for hydroxylation is 1. The zero-order chi connectivity index (χ0) is 19.1. The maximum Gasteiger partial charge on any atom is 0.215 e. The van der Waals surface area contributed by atoms with Crippen LogP contribution in [0, 0.1) is 5.82 Å². The van der Waals surface area contributed by atoms with E-state index in [2.05, 4.69) is 33.9 Å². The van der Waals surface area contributed by atoms with E-state index in [-0.39, 0.29) is 11.6 Å². The van der Waals surface area contributed by atoms with E-state index in [1.165, 1.54) is 54.8 Å². The Morgan fingerprint density at radius 3 is 2.19 bits per heavy atom. The molecule has 0 radical (unpaired) electrons. The topological polar surface area (TPSA) is 49.4 Å². The van der Waals surface area contributed by atoms with Crippen molar-refractivity contribution in [3.63, 3.8) is 0 Å². The van der Waals surface area contributed by atoms with Gasteiger partial charge in [0.25, 0.3) is 0 Å². The third-order valence-corrected chi connectivity index (χ3v) is 6.25. The molecule has 0 atom stereocenters. The fourth-order valence-electron chi connectivity index (χ4n) is 3.40.